The standard InChI is InChI=1S/C6H6N2O4.2CH4/c7-3-11-2-1-6(10)12-5-8-4-9;;/h1-2,5H2;2*1H4. The van der Waals surface area contributed by atoms with Crippen LogP contribution < -0.4 is 0 Å². The molecular weight excluding hydrogens is 188 g/mol. The van der Waals surface area contributed by atoms with Crippen molar-refractivity contribution in [1.29, 1.82) is 5.26 Å². The Morgan fingerprint density at radius 1 is 1.43 bits per heavy atom. The average Bonchev–Trinajstić information content (AvgIpc) is 2.06. The maximum atomic E-state index is 10.6. The van der Waals surface area contributed by atoms with E-state index in [0.29, 0.717) is 0 Å². The molecule has 0 aromatic rings. The molecule has 14 heavy (non-hydrogen) atoms. The topological polar surface area (TPSA) is 88.8 Å². The number of aliphatic imine (C=N–C) groups is 1. The summed E-state index contributed by atoms with van der Waals surface area (Å²) in [5, 5.41) is 7.90. The zero-order chi connectivity index (χ0) is 9.23. The molecule has 0 aliphatic rings. The van der Waals surface area contributed by atoms with Gasteiger partial charge >= 0.3 is 5.97 Å². The Kier molecular flexibility index (Phi) is 17.7. The van der Waals surface area contributed by atoms with E-state index in [1.54, 1.807) is 0 Å². The first-order chi connectivity index (χ1) is 5.81. The Morgan fingerprint density at radius 3 is 2.57 bits per heavy atom. The van der Waals surface area contributed by atoms with E-state index in [9.17, 15) is 9.59 Å². The third kappa shape index (κ3) is 12.8. The Balaban J connectivity index is -0.000000605. The van der Waals surface area contributed by atoms with Crippen molar-refractivity contribution in [1.82, 2.24) is 0 Å². The van der Waals surface area contributed by atoms with Gasteiger partial charge in [-0.1, -0.05) is 14.9 Å². The molecule has 0 fully saturated rings. The van der Waals surface area contributed by atoms with Gasteiger partial charge in [-0.15, -0.1) is 0 Å². The van der Waals surface area contributed by atoms with Crippen LogP contribution in [0.4, 0.5) is 0 Å². The highest BCUT2D eigenvalue weighted by atomic mass is 16.5. The summed E-state index contributed by atoms with van der Waals surface area (Å²) in [4.78, 5) is 23.1. The average molecular weight is 202 g/mol. The number of hydrogen-bond acceptors (Lipinski definition) is 6. The van der Waals surface area contributed by atoms with Crippen molar-refractivity contribution in [3.8, 4) is 6.26 Å². The van der Waals surface area contributed by atoms with Gasteiger partial charge < -0.3 is 9.47 Å². The van der Waals surface area contributed by atoms with E-state index in [4.69, 9.17) is 5.26 Å². The van der Waals surface area contributed by atoms with E-state index < -0.39 is 5.97 Å². The van der Waals surface area contributed by atoms with Crippen molar-refractivity contribution in [2.75, 3.05) is 13.3 Å². The maximum absolute atomic E-state index is 10.6. The van der Waals surface area contributed by atoms with Crippen LogP contribution in [-0.2, 0) is 19.1 Å². The molecule has 80 valence electrons. The van der Waals surface area contributed by atoms with Gasteiger partial charge in [0.15, 0.2) is 6.73 Å². The van der Waals surface area contributed by atoms with Crippen LogP contribution in [0.15, 0.2) is 4.99 Å². The van der Waals surface area contributed by atoms with Gasteiger partial charge in [0.05, 0.1) is 6.42 Å². The first-order valence-corrected chi connectivity index (χ1v) is 3.01. The quantitative estimate of drug-likeness (QED) is 0.218. The van der Waals surface area contributed by atoms with E-state index in [0.717, 1.165) is 0 Å². The summed E-state index contributed by atoms with van der Waals surface area (Å²) in [5.74, 6) is -0.579. The minimum atomic E-state index is -0.579. The van der Waals surface area contributed by atoms with Crippen LogP contribution in [0.2, 0.25) is 0 Å². The van der Waals surface area contributed by atoms with Crippen molar-refractivity contribution in [3.05, 3.63) is 0 Å². The van der Waals surface area contributed by atoms with E-state index in [1.807, 2.05) is 0 Å². The van der Waals surface area contributed by atoms with Gasteiger partial charge in [0.2, 0.25) is 6.08 Å². The first kappa shape index (κ1) is 18.0. The van der Waals surface area contributed by atoms with Crippen LogP contribution in [0.1, 0.15) is 21.3 Å². The predicted octanol–water partition coefficient (Wildman–Crippen LogP) is 0.983. The molecule has 0 saturated carbocycles. The van der Waals surface area contributed by atoms with E-state index in [2.05, 4.69) is 14.5 Å². The van der Waals surface area contributed by atoms with Crippen LogP contribution in [0, 0.1) is 11.5 Å². The summed E-state index contributed by atoms with van der Waals surface area (Å²) in [6.07, 6.45) is 2.56. The van der Waals surface area contributed by atoms with Crippen molar-refractivity contribution in [3.63, 3.8) is 0 Å². The highest BCUT2D eigenvalue weighted by Gasteiger charge is 2.00. The number of esters is 1. The molecule has 6 heteroatoms. The number of hydrogen-bond donors (Lipinski definition) is 0. The van der Waals surface area contributed by atoms with Gasteiger partial charge in [0, 0.05) is 0 Å². The number of carbonyl (C=O) groups excluding carboxylic acids is 2. The Morgan fingerprint density at radius 2 is 2.07 bits per heavy atom. The second-order valence-corrected chi connectivity index (χ2v) is 1.58. The molecule has 0 rings (SSSR count). The minimum absolute atomic E-state index is 0. The Labute approximate surface area is 83.1 Å². The lowest BCUT2D eigenvalue weighted by Crippen LogP contribution is -2.07. The van der Waals surface area contributed by atoms with Crippen molar-refractivity contribution in [2.45, 2.75) is 21.3 Å². The lowest BCUT2D eigenvalue weighted by atomic mass is 10.5. The lowest BCUT2D eigenvalue weighted by Gasteiger charge is -1.97. The fraction of sp³-hybridized carbons (Fsp3) is 0.625. The second kappa shape index (κ2) is 13.7. The van der Waals surface area contributed by atoms with E-state index in [1.165, 1.54) is 12.3 Å². The molecule has 0 unspecified atom stereocenters. The molecule has 0 atom stereocenters. The molecule has 0 aliphatic heterocycles. The molecule has 0 aliphatic carbocycles. The Hall–Kier alpha value is -1.86. The fourth-order valence-corrected chi connectivity index (χ4v) is 0.383. The Bertz CT molecular complexity index is 228. The normalized spacial score (nSPS) is 6.50. The van der Waals surface area contributed by atoms with Crippen molar-refractivity contribution >= 4 is 12.0 Å². The summed E-state index contributed by atoms with van der Waals surface area (Å²) in [5.41, 5.74) is 0. The number of nitriles is 1. The van der Waals surface area contributed by atoms with E-state index in [-0.39, 0.29) is 34.6 Å². The molecule has 0 amide bonds. The van der Waals surface area contributed by atoms with Gasteiger partial charge in [-0.25, -0.2) is 4.79 Å². The SMILES string of the molecule is C.C.N#COCCC(=O)OCN=C=O. The number of isocyanates is 1. The van der Waals surface area contributed by atoms with Gasteiger partial charge in [-0.2, -0.15) is 10.3 Å². The van der Waals surface area contributed by atoms with Gasteiger partial charge in [-0.3, -0.25) is 4.79 Å². The summed E-state index contributed by atoms with van der Waals surface area (Å²) < 4.78 is 8.58. The molecule has 0 saturated heterocycles. The molecule has 0 spiro atoms. The van der Waals surface area contributed by atoms with Crippen LogP contribution in [0.3, 0.4) is 0 Å². The first-order valence-electron chi connectivity index (χ1n) is 3.01. The summed E-state index contributed by atoms with van der Waals surface area (Å²) in [6.45, 7) is -0.366. The van der Waals surface area contributed by atoms with Crippen molar-refractivity contribution < 1.29 is 19.1 Å². The minimum Gasteiger partial charge on any atom is -0.441 e. The lowest BCUT2D eigenvalue weighted by molar-refractivity contribution is -0.144. The van der Waals surface area contributed by atoms with Crippen LogP contribution >= 0.6 is 0 Å². The van der Waals surface area contributed by atoms with Gasteiger partial charge in [0.25, 0.3) is 6.26 Å². The molecule has 0 aromatic carbocycles. The summed E-state index contributed by atoms with van der Waals surface area (Å²) in [6, 6.07) is 0. The zero-order valence-corrected chi connectivity index (χ0v) is 6.15. The van der Waals surface area contributed by atoms with Crippen LogP contribution in [0.25, 0.3) is 0 Å². The number of rotatable bonds is 5. The molecule has 0 heterocycles. The van der Waals surface area contributed by atoms with Crippen molar-refractivity contribution in [2.24, 2.45) is 4.99 Å². The molecule has 0 aromatic heterocycles. The maximum Gasteiger partial charge on any atom is 0.311 e. The molecular formula is C8H14N2O4. The number of carbonyl (C=O) groups is 1. The second-order valence-electron chi connectivity index (χ2n) is 1.58. The highest BCUT2D eigenvalue weighted by molar-refractivity contribution is 5.69. The monoisotopic (exact) mass is 202 g/mol. The molecule has 0 N–H and O–H groups in total. The van der Waals surface area contributed by atoms with Gasteiger partial charge in [0.1, 0.15) is 6.61 Å². The van der Waals surface area contributed by atoms with E-state index >= 15 is 0 Å². The zero-order valence-electron chi connectivity index (χ0n) is 6.15. The smallest absolute Gasteiger partial charge is 0.311 e. The third-order valence-corrected chi connectivity index (χ3v) is 0.827. The number of nitrogens with zero attached hydrogens (tertiary/aromatic N) is 2. The summed E-state index contributed by atoms with van der Waals surface area (Å²) in [7, 11) is 0. The molecule has 0 bridgehead atoms. The predicted molar refractivity (Wildman–Crippen MR) is 48.7 cm³/mol. The highest BCUT2D eigenvalue weighted by Crippen LogP contribution is 1.87. The largest absolute Gasteiger partial charge is 0.441 e. The number of ether oxygens (including phenoxy) is 2. The summed E-state index contributed by atoms with van der Waals surface area (Å²) >= 11 is 0. The third-order valence-electron chi connectivity index (χ3n) is 0.827. The fourth-order valence-electron chi connectivity index (χ4n) is 0.383. The molecule has 0 radical (unpaired) electrons. The molecule has 6 nitrogen and oxygen atoms in total. The van der Waals surface area contributed by atoms with Crippen LogP contribution in [0.5, 0.6) is 0 Å². The van der Waals surface area contributed by atoms with Gasteiger partial charge in [-0.05, 0) is 0 Å². The van der Waals surface area contributed by atoms with Crippen LogP contribution in [-0.4, -0.2) is 25.4 Å².